The van der Waals surface area contributed by atoms with E-state index in [1.807, 2.05) is 12.1 Å². The Balaban J connectivity index is 0.00000289. The van der Waals surface area contributed by atoms with Crippen LogP contribution >= 0.6 is 23.7 Å². The molecule has 0 spiro atoms. The first-order valence-corrected chi connectivity index (χ1v) is 12.3. The van der Waals surface area contributed by atoms with E-state index >= 15 is 0 Å². The zero-order chi connectivity index (χ0) is 21.8. The highest BCUT2D eigenvalue weighted by atomic mass is 35.5. The predicted octanol–water partition coefficient (Wildman–Crippen LogP) is 3.57. The van der Waals surface area contributed by atoms with Crippen molar-refractivity contribution >= 4 is 33.8 Å². The number of fused-ring (bicyclic) bond motifs is 1. The number of ether oxygens (including phenoxy) is 2. The average molecular weight is 500 g/mol. The minimum absolute atomic E-state index is 0. The normalized spacial score (nSPS) is 13.9. The molecule has 0 fully saturated rings. The van der Waals surface area contributed by atoms with Crippen molar-refractivity contribution < 1.29 is 22.4 Å². The van der Waals surface area contributed by atoms with E-state index in [1.165, 1.54) is 28.7 Å². The second-order valence-electron chi connectivity index (χ2n) is 7.25. The number of nitrogens with zero attached hydrogens (tertiary/aromatic N) is 2. The van der Waals surface area contributed by atoms with Gasteiger partial charge in [-0.05, 0) is 54.8 Å². The molecule has 0 amide bonds. The van der Waals surface area contributed by atoms with E-state index in [9.17, 15) is 8.42 Å². The van der Waals surface area contributed by atoms with Gasteiger partial charge < -0.3 is 14.0 Å². The summed E-state index contributed by atoms with van der Waals surface area (Å²) >= 11 is 1.17. The van der Waals surface area contributed by atoms with Crippen molar-refractivity contribution in [1.82, 2.24) is 14.8 Å². The number of halogens is 1. The summed E-state index contributed by atoms with van der Waals surface area (Å²) in [6.07, 6.45) is 3.19. The molecule has 0 saturated heterocycles. The van der Waals surface area contributed by atoms with Gasteiger partial charge in [0.25, 0.3) is 0 Å². The van der Waals surface area contributed by atoms with Crippen LogP contribution in [0.1, 0.15) is 17.5 Å². The SMILES string of the molecule is COc1cc2c(cc1OC)CN(CCCNS(=O)(=O)c1ccc(-c3ccno3)s1)CC2.Cl. The van der Waals surface area contributed by atoms with Crippen molar-refractivity contribution in [1.29, 1.82) is 0 Å². The zero-order valence-electron chi connectivity index (χ0n) is 17.9. The molecular weight excluding hydrogens is 474 g/mol. The molecule has 1 aromatic carbocycles. The van der Waals surface area contributed by atoms with Crippen molar-refractivity contribution in [3.63, 3.8) is 0 Å². The Labute approximate surface area is 198 Å². The molecular formula is C21H26ClN3O5S2. The smallest absolute Gasteiger partial charge is 0.250 e. The van der Waals surface area contributed by atoms with Crippen LogP contribution in [0.25, 0.3) is 10.6 Å². The summed E-state index contributed by atoms with van der Waals surface area (Å²) in [5.74, 6) is 2.05. The number of aromatic nitrogens is 1. The van der Waals surface area contributed by atoms with Crippen LogP contribution in [0.4, 0.5) is 0 Å². The fraction of sp³-hybridized carbons (Fsp3) is 0.381. The predicted molar refractivity (Wildman–Crippen MR) is 125 cm³/mol. The van der Waals surface area contributed by atoms with Crippen molar-refractivity contribution in [2.75, 3.05) is 33.9 Å². The number of thiophene rings is 1. The van der Waals surface area contributed by atoms with Crippen LogP contribution in [0.5, 0.6) is 11.5 Å². The number of sulfonamides is 1. The van der Waals surface area contributed by atoms with Gasteiger partial charge in [-0.25, -0.2) is 13.1 Å². The van der Waals surface area contributed by atoms with Crippen LogP contribution in [0.2, 0.25) is 0 Å². The second-order valence-corrected chi connectivity index (χ2v) is 10.3. The van der Waals surface area contributed by atoms with Crippen LogP contribution in [0.3, 0.4) is 0 Å². The van der Waals surface area contributed by atoms with Gasteiger partial charge in [-0.3, -0.25) is 4.90 Å². The lowest BCUT2D eigenvalue weighted by atomic mass is 9.98. The first-order valence-electron chi connectivity index (χ1n) is 9.97. The zero-order valence-corrected chi connectivity index (χ0v) is 20.3. The van der Waals surface area contributed by atoms with Gasteiger partial charge in [-0.1, -0.05) is 5.16 Å². The first kappa shape index (κ1) is 24.5. The van der Waals surface area contributed by atoms with Gasteiger partial charge in [0.15, 0.2) is 17.3 Å². The van der Waals surface area contributed by atoms with E-state index in [4.69, 9.17) is 14.0 Å². The summed E-state index contributed by atoms with van der Waals surface area (Å²) in [7, 11) is -0.259. The Morgan fingerprint density at radius 2 is 1.91 bits per heavy atom. The van der Waals surface area contributed by atoms with Crippen LogP contribution in [0.15, 0.2) is 45.3 Å². The topological polar surface area (TPSA) is 93.9 Å². The van der Waals surface area contributed by atoms with Crippen LogP contribution in [-0.2, 0) is 23.0 Å². The van der Waals surface area contributed by atoms with Gasteiger partial charge in [-0.2, -0.15) is 0 Å². The van der Waals surface area contributed by atoms with Gasteiger partial charge >= 0.3 is 0 Å². The third-order valence-electron chi connectivity index (χ3n) is 5.27. The van der Waals surface area contributed by atoms with Crippen LogP contribution in [0, 0.1) is 0 Å². The lowest BCUT2D eigenvalue weighted by molar-refractivity contribution is 0.250. The summed E-state index contributed by atoms with van der Waals surface area (Å²) in [6, 6.07) is 9.11. The van der Waals surface area contributed by atoms with Gasteiger partial charge in [-0.15, -0.1) is 23.7 Å². The maximum absolute atomic E-state index is 12.6. The van der Waals surface area contributed by atoms with E-state index in [2.05, 4.69) is 14.8 Å². The molecule has 11 heteroatoms. The molecule has 32 heavy (non-hydrogen) atoms. The number of nitrogens with one attached hydrogen (secondary N) is 1. The van der Waals surface area contributed by atoms with Gasteiger partial charge in [0.2, 0.25) is 10.0 Å². The maximum Gasteiger partial charge on any atom is 0.250 e. The summed E-state index contributed by atoms with van der Waals surface area (Å²) in [6.45, 7) is 2.94. The fourth-order valence-electron chi connectivity index (χ4n) is 3.65. The summed E-state index contributed by atoms with van der Waals surface area (Å²) < 4.78 is 44.0. The number of hydrogen-bond donors (Lipinski definition) is 1. The van der Waals surface area contributed by atoms with Crippen molar-refractivity contribution in [3.05, 3.63) is 47.7 Å². The lowest BCUT2D eigenvalue weighted by Gasteiger charge is -2.29. The van der Waals surface area contributed by atoms with Crippen LogP contribution < -0.4 is 14.2 Å². The molecule has 1 aliphatic rings. The first-order chi connectivity index (χ1) is 15.0. The number of hydrogen-bond acceptors (Lipinski definition) is 8. The largest absolute Gasteiger partial charge is 0.493 e. The molecule has 0 unspecified atom stereocenters. The number of rotatable bonds is 9. The molecule has 0 bridgehead atoms. The van der Waals surface area contributed by atoms with Gasteiger partial charge in [0, 0.05) is 25.7 Å². The Hall–Kier alpha value is -2.11. The minimum Gasteiger partial charge on any atom is -0.493 e. The third-order valence-corrected chi connectivity index (χ3v) is 8.32. The lowest BCUT2D eigenvalue weighted by Crippen LogP contribution is -2.33. The van der Waals surface area contributed by atoms with Crippen molar-refractivity contribution in [2.45, 2.75) is 23.6 Å². The molecule has 8 nitrogen and oxygen atoms in total. The Morgan fingerprint density at radius 3 is 2.59 bits per heavy atom. The Morgan fingerprint density at radius 1 is 1.16 bits per heavy atom. The molecule has 4 rings (SSSR count). The van der Waals surface area contributed by atoms with E-state index in [-0.39, 0.29) is 16.6 Å². The van der Waals surface area contributed by atoms with E-state index in [1.54, 1.807) is 32.4 Å². The highest BCUT2D eigenvalue weighted by molar-refractivity contribution is 7.91. The average Bonchev–Trinajstić information content (AvgIpc) is 3.48. The van der Waals surface area contributed by atoms with E-state index in [0.29, 0.717) is 12.3 Å². The molecule has 2 aromatic heterocycles. The maximum atomic E-state index is 12.6. The minimum atomic E-state index is -3.54. The highest BCUT2D eigenvalue weighted by Crippen LogP contribution is 2.33. The Bertz CT molecular complexity index is 1130. The summed E-state index contributed by atoms with van der Waals surface area (Å²) in [5, 5.41) is 3.66. The Kier molecular flexibility index (Phi) is 8.18. The molecule has 3 heterocycles. The van der Waals surface area contributed by atoms with E-state index in [0.717, 1.165) is 48.9 Å². The number of benzene rings is 1. The van der Waals surface area contributed by atoms with Crippen molar-refractivity contribution in [2.24, 2.45) is 0 Å². The van der Waals surface area contributed by atoms with E-state index < -0.39 is 10.0 Å². The highest BCUT2D eigenvalue weighted by Gasteiger charge is 2.21. The standard InChI is InChI=1S/C21H25N3O5S2.ClH/c1-27-18-12-15-7-11-24(14-16(15)13-19(18)28-2)10-3-8-23-31(25,26)21-5-4-20(30-21)17-6-9-22-29-17;/h4-6,9,12-13,23H,3,7-8,10-11,14H2,1-2H3;1H. The summed E-state index contributed by atoms with van der Waals surface area (Å²) in [4.78, 5) is 3.06. The quantitative estimate of drug-likeness (QED) is 0.450. The number of methoxy groups -OCH3 is 2. The second kappa shape index (κ2) is 10.7. The molecule has 1 N–H and O–H groups in total. The third kappa shape index (κ3) is 5.44. The molecule has 174 valence electrons. The van der Waals surface area contributed by atoms with Gasteiger partial charge in [0.05, 0.1) is 25.3 Å². The molecule has 3 aromatic rings. The van der Waals surface area contributed by atoms with Crippen LogP contribution in [-0.4, -0.2) is 52.3 Å². The fourth-order valence-corrected chi connectivity index (χ4v) is 6.03. The molecule has 0 radical (unpaired) electrons. The monoisotopic (exact) mass is 499 g/mol. The van der Waals surface area contributed by atoms with Crippen molar-refractivity contribution in [3.8, 4) is 22.1 Å². The molecule has 0 saturated carbocycles. The summed E-state index contributed by atoms with van der Waals surface area (Å²) in [5.41, 5.74) is 2.50. The molecule has 1 aliphatic heterocycles. The molecule has 0 aliphatic carbocycles. The molecule has 0 atom stereocenters. The van der Waals surface area contributed by atoms with Gasteiger partial charge in [0.1, 0.15) is 4.21 Å².